The number of hydrogen-bond acceptors (Lipinski definition) is 5. The fraction of sp³-hybridized carbons (Fsp3) is 0.222. The van der Waals surface area contributed by atoms with Crippen LogP contribution in [0.5, 0.6) is 17.2 Å². The molecule has 0 aliphatic carbocycles. The van der Waals surface area contributed by atoms with Crippen molar-refractivity contribution in [1.82, 2.24) is 5.43 Å². The van der Waals surface area contributed by atoms with Crippen molar-refractivity contribution >= 4 is 12.1 Å². The minimum atomic E-state index is -0.173. The molecule has 24 heavy (non-hydrogen) atoms. The number of amides is 1. The van der Waals surface area contributed by atoms with Crippen LogP contribution in [0.2, 0.25) is 0 Å². The highest BCUT2D eigenvalue weighted by molar-refractivity contribution is 5.84. The summed E-state index contributed by atoms with van der Waals surface area (Å²) >= 11 is 0. The molecule has 6 heteroatoms. The van der Waals surface area contributed by atoms with E-state index in [-0.39, 0.29) is 23.2 Å². The number of nitrogens with zero attached hydrogens (tertiary/aromatic N) is 1. The van der Waals surface area contributed by atoms with E-state index < -0.39 is 0 Å². The summed E-state index contributed by atoms with van der Waals surface area (Å²) in [6, 6.07) is 13.0. The number of aryl methyl sites for hydroxylation is 1. The maximum atomic E-state index is 11.8. The summed E-state index contributed by atoms with van der Waals surface area (Å²) in [4.78, 5) is 11.8. The molecule has 126 valence electrons. The van der Waals surface area contributed by atoms with Gasteiger partial charge in [0.1, 0.15) is 0 Å². The summed E-state index contributed by atoms with van der Waals surface area (Å²) in [6.07, 6.45) is 2.47. The summed E-state index contributed by atoms with van der Waals surface area (Å²) in [5.41, 5.74) is 4.21. The van der Waals surface area contributed by atoms with E-state index in [4.69, 9.17) is 9.47 Å². The minimum Gasteiger partial charge on any atom is -0.502 e. The Labute approximate surface area is 140 Å². The van der Waals surface area contributed by atoms with Gasteiger partial charge in [-0.15, -0.1) is 0 Å². The third-order valence-corrected chi connectivity index (χ3v) is 3.39. The summed E-state index contributed by atoms with van der Waals surface area (Å²) in [5, 5.41) is 13.8. The topological polar surface area (TPSA) is 80.2 Å². The molecule has 2 rings (SSSR count). The van der Waals surface area contributed by atoms with Gasteiger partial charge in [0, 0.05) is 12.0 Å². The molecule has 0 atom stereocenters. The minimum absolute atomic E-state index is 0.0796. The van der Waals surface area contributed by atoms with Crippen LogP contribution >= 0.6 is 0 Å². The Hall–Kier alpha value is -3.02. The number of carbonyl (C=O) groups is 1. The molecule has 0 aromatic heterocycles. The molecule has 0 bridgehead atoms. The van der Waals surface area contributed by atoms with Gasteiger partial charge in [0.2, 0.25) is 11.7 Å². The first-order valence-corrected chi connectivity index (χ1v) is 7.45. The van der Waals surface area contributed by atoms with E-state index >= 15 is 0 Å². The van der Waals surface area contributed by atoms with Gasteiger partial charge in [-0.1, -0.05) is 30.3 Å². The maximum absolute atomic E-state index is 11.8. The highest BCUT2D eigenvalue weighted by Crippen LogP contribution is 2.36. The number of benzene rings is 2. The van der Waals surface area contributed by atoms with Gasteiger partial charge >= 0.3 is 0 Å². The van der Waals surface area contributed by atoms with Gasteiger partial charge in [-0.25, -0.2) is 5.43 Å². The Morgan fingerprint density at radius 1 is 1.17 bits per heavy atom. The quantitative estimate of drug-likeness (QED) is 0.604. The number of nitrogens with one attached hydrogen (secondary N) is 1. The first kappa shape index (κ1) is 17.3. The van der Waals surface area contributed by atoms with Crippen LogP contribution in [0, 0.1) is 0 Å². The van der Waals surface area contributed by atoms with E-state index in [1.54, 1.807) is 12.1 Å². The molecule has 2 aromatic carbocycles. The molecular formula is C18H20N2O4. The molecule has 2 N–H and O–H groups in total. The van der Waals surface area contributed by atoms with Gasteiger partial charge in [-0.3, -0.25) is 4.79 Å². The average molecular weight is 328 g/mol. The predicted molar refractivity (Wildman–Crippen MR) is 91.7 cm³/mol. The molecule has 0 spiro atoms. The van der Waals surface area contributed by atoms with Gasteiger partial charge in [0.25, 0.3) is 0 Å². The fourth-order valence-electron chi connectivity index (χ4n) is 2.13. The summed E-state index contributed by atoms with van der Waals surface area (Å²) in [5.74, 6) is 0.286. The number of carbonyl (C=O) groups excluding carboxylic acids is 1. The molecule has 0 aliphatic rings. The Morgan fingerprint density at radius 3 is 2.38 bits per heavy atom. The number of hydrazone groups is 1. The van der Waals surface area contributed by atoms with E-state index in [9.17, 15) is 9.90 Å². The van der Waals surface area contributed by atoms with Crippen molar-refractivity contribution in [1.29, 1.82) is 0 Å². The lowest BCUT2D eigenvalue weighted by Crippen LogP contribution is -2.17. The SMILES string of the molecule is COc1cc(C=NNC(=O)CCc2ccccc2)cc(OC)c1O. The third kappa shape index (κ3) is 4.74. The van der Waals surface area contributed by atoms with Gasteiger partial charge in [0.05, 0.1) is 20.4 Å². The van der Waals surface area contributed by atoms with Crippen molar-refractivity contribution in [2.75, 3.05) is 14.2 Å². The molecule has 0 fully saturated rings. The van der Waals surface area contributed by atoms with Gasteiger partial charge in [-0.05, 0) is 24.1 Å². The second kappa shape index (κ2) is 8.57. The zero-order valence-electron chi connectivity index (χ0n) is 13.7. The van der Waals surface area contributed by atoms with Crippen molar-refractivity contribution in [3.05, 3.63) is 53.6 Å². The number of aromatic hydroxyl groups is 1. The monoisotopic (exact) mass is 328 g/mol. The smallest absolute Gasteiger partial charge is 0.240 e. The maximum Gasteiger partial charge on any atom is 0.240 e. The van der Waals surface area contributed by atoms with Crippen LogP contribution in [0.15, 0.2) is 47.6 Å². The van der Waals surface area contributed by atoms with Crippen LogP contribution in [0.25, 0.3) is 0 Å². The van der Waals surface area contributed by atoms with Crippen molar-refractivity contribution in [3.8, 4) is 17.2 Å². The van der Waals surface area contributed by atoms with Crippen LogP contribution in [0.3, 0.4) is 0 Å². The molecule has 1 amide bonds. The second-order valence-corrected chi connectivity index (χ2v) is 5.05. The number of phenols is 1. The largest absolute Gasteiger partial charge is 0.502 e. The van der Waals surface area contributed by atoms with Crippen molar-refractivity contribution in [2.45, 2.75) is 12.8 Å². The Morgan fingerprint density at radius 2 is 1.79 bits per heavy atom. The van der Waals surface area contributed by atoms with Crippen LogP contribution < -0.4 is 14.9 Å². The van der Waals surface area contributed by atoms with Crippen LogP contribution in [0.1, 0.15) is 17.5 Å². The van der Waals surface area contributed by atoms with Crippen molar-refractivity contribution in [2.24, 2.45) is 5.10 Å². The lowest BCUT2D eigenvalue weighted by atomic mass is 10.1. The first-order valence-electron chi connectivity index (χ1n) is 7.45. The van der Waals surface area contributed by atoms with E-state index in [1.807, 2.05) is 30.3 Å². The summed E-state index contributed by atoms with van der Waals surface area (Å²) < 4.78 is 10.1. The molecule has 0 heterocycles. The lowest BCUT2D eigenvalue weighted by molar-refractivity contribution is -0.121. The molecule has 0 saturated carbocycles. The van der Waals surface area contributed by atoms with E-state index in [2.05, 4.69) is 10.5 Å². The molecule has 0 radical (unpaired) electrons. The average Bonchev–Trinajstić information content (AvgIpc) is 2.62. The number of rotatable bonds is 7. The fourth-order valence-corrected chi connectivity index (χ4v) is 2.13. The number of phenolic OH excluding ortho intramolecular Hbond substituents is 1. The van der Waals surface area contributed by atoms with Gasteiger partial charge in [-0.2, -0.15) is 5.10 Å². The van der Waals surface area contributed by atoms with Crippen molar-refractivity contribution < 1.29 is 19.4 Å². The number of methoxy groups -OCH3 is 2. The molecule has 2 aromatic rings. The van der Waals surface area contributed by atoms with Crippen molar-refractivity contribution in [3.63, 3.8) is 0 Å². The van der Waals surface area contributed by atoms with Gasteiger partial charge in [0.15, 0.2) is 11.5 Å². The molecule has 6 nitrogen and oxygen atoms in total. The Kier molecular flexibility index (Phi) is 6.19. The Bertz CT molecular complexity index is 689. The molecule has 0 unspecified atom stereocenters. The van der Waals surface area contributed by atoms with Gasteiger partial charge < -0.3 is 14.6 Å². The zero-order valence-corrected chi connectivity index (χ0v) is 13.7. The normalized spacial score (nSPS) is 10.6. The highest BCUT2D eigenvalue weighted by atomic mass is 16.5. The van der Waals surface area contributed by atoms with E-state index in [1.165, 1.54) is 20.4 Å². The number of hydrogen-bond donors (Lipinski definition) is 2. The van der Waals surface area contributed by atoms with Crippen LogP contribution in [-0.4, -0.2) is 31.4 Å². The molecular weight excluding hydrogens is 308 g/mol. The third-order valence-electron chi connectivity index (χ3n) is 3.39. The second-order valence-electron chi connectivity index (χ2n) is 5.05. The zero-order chi connectivity index (χ0) is 17.4. The predicted octanol–water partition coefficient (Wildman–Crippen LogP) is 2.49. The summed E-state index contributed by atoms with van der Waals surface area (Å²) in [6.45, 7) is 0. The standard InChI is InChI=1S/C18H20N2O4/c1-23-15-10-14(11-16(24-2)18(15)22)12-19-20-17(21)9-8-13-6-4-3-5-7-13/h3-7,10-12,22H,8-9H2,1-2H3,(H,20,21). The number of ether oxygens (including phenoxy) is 2. The highest BCUT2D eigenvalue weighted by Gasteiger charge is 2.10. The molecule has 0 aliphatic heterocycles. The van der Waals surface area contributed by atoms with E-state index in [0.717, 1.165) is 5.56 Å². The molecule has 0 saturated heterocycles. The van der Waals surface area contributed by atoms with Crippen LogP contribution in [-0.2, 0) is 11.2 Å². The van der Waals surface area contributed by atoms with E-state index in [0.29, 0.717) is 18.4 Å². The summed E-state index contributed by atoms with van der Waals surface area (Å²) in [7, 11) is 2.89. The first-order chi connectivity index (χ1) is 11.6. The lowest BCUT2D eigenvalue weighted by Gasteiger charge is -2.09. The Balaban J connectivity index is 1.92. The van der Waals surface area contributed by atoms with Crippen LogP contribution in [0.4, 0.5) is 0 Å².